The van der Waals surface area contributed by atoms with Crippen LogP contribution in [0.5, 0.6) is 11.5 Å². The van der Waals surface area contributed by atoms with Gasteiger partial charge in [-0.3, -0.25) is 9.69 Å². The lowest BCUT2D eigenvalue weighted by atomic mass is 10.1. The van der Waals surface area contributed by atoms with Crippen LogP contribution in [0.1, 0.15) is 19.3 Å². The van der Waals surface area contributed by atoms with Gasteiger partial charge in [-0.1, -0.05) is 0 Å². The molecule has 2 aliphatic heterocycles. The number of benzene rings is 1. The number of hydrogen-bond donors (Lipinski definition) is 2. The number of fused-ring (bicyclic) bond motifs is 1. The third-order valence-electron chi connectivity index (χ3n) is 4.22. The van der Waals surface area contributed by atoms with Crippen molar-refractivity contribution in [3.63, 3.8) is 0 Å². The summed E-state index contributed by atoms with van der Waals surface area (Å²) in [6, 6.07) is 5.92. The van der Waals surface area contributed by atoms with Crippen LogP contribution in [-0.4, -0.2) is 50.3 Å². The van der Waals surface area contributed by atoms with Crippen molar-refractivity contribution in [2.75, 3.05) is 38.8 Å². The summed E-state index contributed by atoms with van der Waals surface area (Å²) in [7, 11) is 2.02. The Hall–Kier alpha value is -1.50. The van der Waals surface area contributed by atoms with E-state index in [9.17, 15) is 4.79 Å². The molecule has 3 rings (SSSR count). The number of ether oxygens (including phenoxy) is 2. The van der Waals surface area contributed by atoms with Crippen LogP contribution in [0.25, 0.3) is 0 Å². The summed E-state index contributed by atoms with van der Waals surface area (Å²) in [6.45, 7) is 2.75. The molecule has 1 saturated heterocycles. The van der Waals surface area contributed by atoms with Crippen LogP contribution in [0.2, 0.25) is 0 Å². The Kier molecular flexibility index (Phi) is 6.50. The Morgan fingerprint density at radius 1 is 1.30 bits per heavy atom. The zero-order valence-corrected chi connectivity index (χ0v) is 14.2. The molecule has 1 fully saturated rings. The van der Waals surface area contributed by atoms with Crippen molar-refractivity contribution in [2.24, 2.45) is 0 Å². The van der Waals surface area contributed by atoms with E-state index < -0.39 is 0 Å². The average molecular weight is 342 g/mol. The first-order valence-electron chi connectivity index (χ1n) is 7.83. The van der Waals surface area contributed by atoms with E-state index >= 15 is 0 Å². The minimum absolute atomic E-state index is 0. The number of anilines is 1. The normalized spacial score (nSPS) is 19.8. The number of amides is 1. The smallest absolute Gasteiger partial charge is 0.238 e. The maximum Gasteiger partial charge on any atom is 0.238 e. The van der Waals surface area contributed by atoms with Crippen LogP contribution in [0.15, 0.2) is 18.2 Å². The number of likely N-dealkylation sites (N-methyl/N-ethyl adjacent to an activating group) is 1. The van der Waals surface area contributed by atoms with Gasteiger partial charge in [-0.25, -0.2) is 0 Å². The zero-order chi connectivity index (χ0) is 15.4. The Bertz CT molecular complexity index is 533. The molecule has 23 heavy (non-hydrogen) atoms. The highest BCUT2D eigenvalue weighted by molar-refractivity contribution is 5.92. The van der Waals surface area contributed by atoms with Crippen molar-refractivity contribution in [2.45, 2.75) is 25.3 Å². The highest BCUT2D eigenvalue weighted by atomic mass is 35.5. The molecule has 7 heteroatoms. The van der Waals surface area contributed by atoms with Crippen LogP contribution >= 0.6 is 12.4 Å². The summed E-state index contributed by atoms with van der Waals surface area (Å²) in [5, 5.41) is 6.32. The van der Waals surface area contributed by atoms with Gasteiger partial charge < -0.3 is 20.1 Å². The van der Waals surface area contributed by atoms with Crippen molar-refractivity contribution >= 4 is 24.0 Å². The van der Waals surface area contributed by atoms with Crippen molar-refractivity contribution in [1.82, 2.24) is 10.2 Å². The minimum atomic E-state index is -0.00132. The molecule has 128 valence electrons. The van der Waals surface area contributed by atoms with Crippen molar-refractivity contribution < 1.29 is 14.3 Å². The fourth-order valence-electron chi connectivity index (χ4n) is 2.97. The van der Waals surface area contributed by atoms with Crippen LogP contribution in [-0.2, 0) is 4.79 Å². The summed E-state index contributed by atoms with van der Waals surface area (Å²) in [6.07, 6.45) is 3.40. The first-order chi connectivity index (χ1) is 10.7. The molecule has 1 aromatic carbocycles. The predicted molar refractivity (Wildman–Crippen MR) is 91.6 cm³/mol. The summed E-state index contributed by atoms with van der Waals surface area (Å²) in [4.78, 5) is 14.4. The van der Waals surface area contributed by atoms with Crippen molar-refractivity contribution in [1.29, 1.82) is 0 Å². The third-order valence-corrected chi connectivity index (χ3v) is 4.22. The van der Waals surface area contributed by atoms with E-state index in [0.29, 0.717) is 18.3 Å². The Morgan fingerprint density at radius 3 is 3.00 bits per heavy atom. The van der Waals surface area contributed by atoms with Gasteiger partial charge in [-0.05, 0) is 51.5 Å². The fourth-order valence-corrected chi connectivity index (χ4v) is 2.97. The first kappa shape index (κ1) is 17.8. The van der Waals surface area contributed by atoms with Gasteiger partial charge in [0.2, 0.25) is 12.7 Å². The molecule has 1 amide bonds. The maximum atomic E-state index is 12.2. The second-order valence-corrected chi connectivity index (χ2v) is 5.87. The van der Waals surface area contributed by atoms with Crippen LogP contribution in [0, 0.1) is 0 Å². The van der Waals surface area contributed by atoms with Crippen LogP contribution in [0.3, 0.4) is 0 Å². The molecular formula is C16H24ClN3O3. The fraction of sp³-hybridized carbons (Fsp3) is 0.562. The van der Waals surface area contributed by atoms with E-state index in [2.05, 4.69) is 15.5 Å². The Balaban J connectivity index is 0.00000192. The molecule has 0 aliphatic carbocycles. The molecule has 2 aliphatic rings. The molecule has 0 spiro atoms. The highest BCUT2D eigenvalue weighted by Crippen LogP contribution is 2.34. The lowest BCUT2D eigenvalue weighted by Gasteiger charge is -2.26. The minimum Gasteiger partial charge on any atom is -0.454 e. The molecule has 6 nitrogen and oxygen atoms in total. The standard InChI is InChI=1S/C16H23N3O3.ClH/c1-19(13-3-2-7-17-8-6-13)10-16(20)18-12-4-5-14-15(9-12)22-11-21-14;/h4-5,9,13,17H,2-3,6-8,10-11H2,1H3,(H,18,20);1H. The first-order valence-corrected chi connectivity index (χ1v) is 7.83. The lowest BCUT2D eigenvalue weighted by Crippen LogP contribution is -2.38. The summed E-state index contributed by atoms with van der Waals surface area (Å²) >= 11 is 0. The van der Waals surface area contributed by atoms with Crippen LogP contribution < -0.4 is 20.1 Å². The van der Waals surface area contributed by atoms with Crippen molar-refractivity contribution in [3.05, 3.63) is 18.2 Å². The Morgan fingerprint density at radius 2 is 2.13 bits per heavy atom. The number of carbonyl (C=O) groups excluding carboxylic acids is 1. The molecule has 0 saturated carbocycles. The molecule has 1 unspecified atom stereocenters. The highest BCUT2D eigenvalue weighted by Gasteiger charge is 2.19. The molecule has 2 N–H and O–H groups in total. The number of carbonyl (C=O) groups is 1. The van der Waals surface area contributed by atoms with Gasteiger partial charge in [-0.15, -0.1) is 12.4 Å². The topological polar surface area (TPSA) is 62.8 Å². The van der Waals surface area contributed by atoms with Gasteiger partial charge in [0.05, 0.1) is 6.54 Å². The van der Waals surface area contributed by atoms with E-state index in [-0.39, 0.29) is 25.1 Å². The SMILES string of the molecule is CN(CC(=O)Nc1ccc2c(c1)OCO2)C1CCCNCC1.Cl. The van der Waals surface area contributed by atoms with E-state index in [1.54, 1.807) is 6.07 Å². The molecule has 1 aromatic rings. The van der Waals surface area contributed by atoms with Gasteiger partial charge >= 0.3 is 0 Å². The second-order valence-electron chi connectivity index (χ2n) is 5.87. The van der Waals surface area contributed by atoms with E-state index in [0.717, 1.165) is 37.4 Å². The van der Waals surface area contributed by atoms with E-state index in [1.165, 1.54) is 6.42 Å². The quantitative estimate of drug-likeness (QED) is 0.875. The number of nitrogens with one attached hydrogen (secondary N) is 2. The van der Waals surface area contributed by atoms with Crippen molar-refractivity contribution in [3.8, 4) is 11.5 Å². The number of halogens is 1. The number of hydrogen-bond acceptors (Lipinski definition) is 5. The number of nitrogens with zero attached hydrogens (tertiary/aromatic N) is 1. The average Bonchev–Trinajstić information content (AvgIpc) is 2.79. The molecular weight excluding hydrogens is 318 g/mol. The molecule has 1 atom stereocenters. The third kappa shape index (κ3) is 4.73. The largest absolute Gasteiger partial charge is 0.454 e. The predicted octanol–water partition coefficient (Wildman–Crippen LogP) is 1.85. The molecule has 2 heterocycles. The maximum absolute atomic E-state index is 12.2. The molecule has 0 bridgehead atoms. The lowest BCUT2D eigenvalue weighted by molar-refractivity contribution is -0.117. The molecule has 0 aromatic heterocycles. The van der Waals surface area contributed by atoms with Gasteiger partial charge in [0.1, 0.15) is 0 Å². The summed E-state index contributed by atoms with van der Waals surface area (Å²) in [5.74, 6) is 1.40. The monoisotopic (exact) mass is 341 g/mol. The van der Waals surface area contributed by atoms with Crippen LogP contribution in [0.4, 0.5) is 5.69 Å². The molecule has 0 radical (unpaired) electrons. The zero-order valence-electron chi connectivity index (χ0n) is 13.3. The van der Waals surface area contributed by atoms with Gasteiger partial charge in [0.25, 0.3) is 0 Å². The van der Waals surface area contributed by atoms with Gasteiger partial charge in [0, 0.05) is 17.8 Å². The van der Waals surface area contributed by atoms with Gasteiger partial charge in [-0.2, -0.15) is 0 Å². The van der Waals surface area contributed by atoms with E-state index in [1.807, 2.05) is 19.2 Å². The second kappa shape index (κ2) is 8.38. The summed E-state index contributed by atoms with van der Waals surface area (Å²) < 4.78 is 10.6. The Labute approximate surface area is 142 Å². The summed E-state index contributed by atoms with van der Waals surface area (Å²) in [5.41, 5.74) is 0.741. The number of rotatable bonds is 4. The van der Waals surface area contributed by atoms with E-state index in [4.69, 9.17) is 9.47 Å². The van der Waals surface area contributed by atoms with Gasteiger partial charge in [0.15, 0.2) is 11.5 Å².